The van der Waals surface area contributed by atoms with Crippen molar-refractivity contribution in [1.82, 2.24) is 14.8 Å². The van der Waals surface area contributed by atoms with Crippen LogP contribution in [0.15, 0.2) is 0 Å². The van der Waals surface area contributed by atoms with Crippen molar-refractivity contribution in [2.75, 3.05) is 31.7 Å². The van der Waals surface area contributed by atoms with Crippen LogP contribution >= 0.6 is 12.2 Å². The number of nitrogens with zero attached hydrogens (tertiary/aromatic N) is 3. The second-order valence-corrected chi connectivity index (χ2v) is 3.58. The first-order valence-electron chi connectivity index (χ1n) is 5.14. The van der Waals surface area contributed by atoms with Crippen LogP contribution in [0.2, 0.25) is 0 Å². The normalized spacial score (nSPS) is 10.6. The van der Waals surface area contributed by atoms with Gasteiger partial charge in [-0.25, -0.2) is 5.10 Å². The van der Waals surface area contributed by atoms with E-state index in [4.69, 9.17) is 17.0 Å². The Bertz CT molecular complexity index is 346. The van der Waals surface area contributed by atoms with E-state index in [1.165, 1.54) is 0 Å². The van der Waals surface area contributed by atoms with E-state index in [-0.39, 0.29) is 0 Å². The van der Waals surface area contributed by atoms with Gasteiger partial charge in [-0.1, -0.05) is 0 Å². The van der Waals surface area contributed by atoms with Crippen molar-refractivity contribution in [1.29, 1.82) is 0 Å². The van der Waals surface area contributed by atoms with Gasteiger partial charge in [0, 0.05) is 26.7 Å². The Hall–Kier alpha value is -0.880. The third kappa shape index (κ3) is 3.04. The van der Waals surface area contributed by atoms with Gasteiger partial charge in [0.15, 0.2) is 4.77 Å². The van der Waals surface area contributed by atoms with Crippen molar-refractivity contribution < 1.29 is 4.74 Å². The summed E-state index contributed by atoms with van der Waals surface area (Å²) in [7, 11) is 1.98. The van der Waals surface area contributed by atoms with Crippen LogP contribution in [0.3, 0.4) is 0 Å². The number of likely N-dealkylation sites (N-methyl/N-ethyl adjacent to an activating group) is 1. The van der Waals surface area contributed by atoms with E-state index in [0.29, 0.717) is 11.4 Å². The van der Waals surface area contributed by atoms with Crippen molar-refractivity contribution >= 4 is 18.2 Å². The molecule has 6 heteroatoms. The molecule has 1 aromatic heterocycles. The van der Waals surface area contributed by atoms with Gasteiger partial charge < -0.3 is 9.64 Å². The molecule has 0 aliphatic rings. The van der Waals surface area contributed by atoms with E-state index in [2.05, 4.69) is 10.2 Å². The molecule has 0 spiro atoms. The fraction of sp³-hybridized carbons (Fsp3) is 0.778. The molecule has 0 fully saturated rings. The second-order valence-electron chi connectivity index (χ2n) is 3.19. The smallest absolute Gasteiger partial charge is 0.225 e. The average Bonchev–Trinajstić information content (AvgIpc) is 2.59. The molecule has 0 saturated carbocycles. The Balaban J connectivity index is 2.64. The minimum atomic E-state index is 0.663. The summed E-state index contributed by atoms with van der Waals surface area (Å²) in [6, 6.07) is 0. The van der Waals surface area contributed by atoms with Crippen molar-refractivity contribution in [2.24, 2.45) is 0 Å². The van der Waals surface area contributed by atoms with Crippen LogP contribution in [0.1, 0.15) is 13.8 Å². The van der Waals surface area contributed by atoms with E-state index in [1.54, 1.807) is 0 Å². The van der Waals surface area contributed by atoms with Crippen LogP contribution in [0, 0.1) is 4.77 Å². The first kappa shape index (κ1) is 12.2. The lowest BCUT2D eigenvalue weighted by atomic mass is 10.6. The summed E-state index contributed by atoms with van der Waals surface area (Å²) >= 11 is 5.11. The van der Waals surface area contributed by atoms with E-state index in [1.807, 2.05) is 30.4 Å². The van der Waals surface area contributed by atoms with Crippen LogP contribution < -0.4 is 4.90 Å². The van der Waals surface area contributed by atoms with Crippen molar-refractivity contribution in [3.63, 3.8) is 0 Å². The van der Waals surface area contributed by atoms with Crippen molar-refractivity contribution in [3.8, 4) is 0 Å². The number of rotatable bonds is 6. The molecule has 0 amide bonds. The summed E-state index contributed by atoms with van der Waals surface area (Å²) in [5, 5.41) is 6.97. The summed E-state index contributed by atoms with van der Waals surface area (Å²) < 4.78 is 7.91. The Morgan fingerprint density at radius 1 is 1.53 bits per heavy atom. The molecule has 0 aliphatic heterocycles. The predicted octanol–water partition coefficient (Wildman–Crippen LogP) is 1.43. The topological polar surface area (TPSA) is 46.1 Å². The molecule has 0 aromatic carbocycles. The highest BCUT2D eigenvalue weighted by molar-refractivity contribution is 7.71. The lowest BCUT2D eigenvalue weighted by molar-refractivity contribution is 0.154. The van der Waals surface area contributed by atoms with Crippen LogP contribution in [-0.2, 0) is 11.3 Å². The Kier molecular flexibility index (Phi) is 4.77. The molecular formula is C9H18N4OS. The van der Waals surface area contributed by atoms with Crippen molar-refractivity contribution in [3.05, 3.63) is 4.77 Å². The van der Waals surface area contributed by atoms with Crippen LogP contribution in [-0.4, -0.2) is 41.6 Å². The van der Waals surface area contributed by atoms with Gasteiger partial charge in [0.2, 0.25) is 5.95 Å². The third-order valence-corrected chi connectivity index (χ3v) is 2.48. The van der Waals surface area contributed by atoms with Gasteiger partial charge in [-0.15, -0.1) is 5.10 Å². The van der Waals surface area contributed by atoms with Gasteiger partial charge in [-0.3, -0.25) is 4.57 Å². The first-order chi connectivity index (χ1) is 7.20. The van der Waals surface area contributed by atoms with E-state index >= 15 is 0 Å². The molecule has 1 aromatic rings. The quantitative estimate of drug-likeness (QED) is 0.593. The molecule has 15 heavy (non-hydrogen) atoms. The molecule has 0 radical (unpaired) electrons. The fourth-order valence-corrected chi connectivity index (χ4v) is 1.59. The number of ether oxygens (including phenoxy) is 1. The van der Waals surface area contributed by atoms with Crippen LogP contribution in [0.25, 0.3) is 0 Å². The molecular weight excluding hydrogens is 212 g/mol. The number of hydrogen-bond donors (Lipinski definition) is 1. The van der Waals surface area contributed by atoms with E-state index in [9.17, 15) is 0 Å². The highest BCUT2D eigenvalue weighted by atomic mass is 32.1. The first-order valence-corrected chi connectivity index (χ1v) is 5.55. The number of anilines is 1. The van der Waals surface area contributed by atoms with Crippen molar-refractivity contribution in [2.45, 2.75) is 20.4 Å². The molecule has 0 bridgehead atoms. The monoisotopic (exact) mass is 230 g/mol. The molecule has 0 saturated heterocycles. The summed E-state index contributed by atoms with van der Waals surface area (Å²) in [5.74, 6) is 0.863. The average molecular weight is 230 g/mol. The molecule has 1 rings (SSSR count). The summed E-state index contributed by atoms with van der Waals surface area (Å²) in [5.41, 5.74) is 0. The highest BCUT2D eigenvalue weighted by Crippen LogP contribution is 2.08. The SMILES string of the molecule is CCOCCN(C)c1n[nH]c(=S)n1CC. The number of aromatic amines is 1. The van der Waals surface area contributed by atoms with Gasteiger partial charge >= 0.3 is 0 Å². The van der Waals surface area contributed by atoms with Gasteiger partial charge in [0.25, 0.3) is 0 Å². The fourth-order valence-electron chi connectivity index (χ4n) is 1.33. The molecule has 0 atom stereocenters. The zero-order valence-corrected chi connectivity index (χ0v) is 10.3. The second kappa shape index (κ2) is 5.87. The predicted molar refractivity (Wildman–Crippen MR) is 62.8 cm³/mol. The molecule has 0 aliphatic carbocycles. The zero-order valence-electron chi connectivity index (χ0n) is 9.49. The standard InChI is InChI=1S/C9H18N4OS/c1-4-13-8(10-11-9(13)15)12(3)6-7-14-5-2/h4-7H2,1-3H3,(H,11,15). The lowest BCUT2D eigenvalue weighted by Crippen LogP contribution is -2.25. The number of H-pyrrole nitrogens is 1. The maximum atomic E-state index is 5.29. The molecule has 0 unspecified atom stereocenters. The van der Waals surface area contributed by atoms with Gasteiger partial charge in [0.1, 0.15) is 0 Å². The minimum Gasteiger partial charge on any atom is -0.380 e. The zero-order chi connectivity index (χ0) is 11.3. The Morgan fingerprint density at radius 3 is 2.87 bits per heavy atom. The minimum absolute atomic E-state index is 0.663. The number of aromatic nitrogens is 3. The maximum absolute atomic E-state index is 5.29. The largest absolute Gasteiger partial charge is 0.380 e. The van der Waals surface area contributed by atoms with Crippen LogP contribution in [0.4, 0.5) is 5.95 Å². The van der Waals surface area contributed by atoms with Gasteiger partial charge in [-0.05, 0) is 26.1 Å². The third-order valence-electron chi connectivity index (χ3n) is 2.17. The molecule has 5 nitrogen and oxygen atoms in total. The summed E-state index contributed by atoms with van der Waals surface area (Å²) in [4.78, 5) is 2.03. The summed E-state index contributed by atoms with van der Waals surface area (Å²) in [6.07, 6.45) is 0. The molecule has 1 heterocycles. The van der Waals surface area contributed by atoms with E-state index in [0.717, 1.165) is 25.6 Å². The Morgan fingerprint density at radius 2 is 2.27 bits per heavy atom. The Labute approximate surface area is 95.0 Å². The molecule has 86 valence electrons. The van der Waals surface area contributed by atoms with Crippen LogP contribution in [0.5, 0.6) is 0 Å². The highest BCUT2D eigenvalue weighted by Gasteiger charge is 2.08. The maximum Gasteiger partial charge on any atom is 0.225 e. The van der Waals surface area contributed by atoms with Gasteiger partial charge in [-0.2, -0.15) is 0 Å². The lowest BCUT2D eigenvalue weighted by Gasteiger charge is -2.17. The summed E-state index contributed by atoms with van der Waals surface area (Å²) in [6.45, 7) is 7.12. The number of hydrogen-bond acceptors (Lipinski definition) is 4. The molecule has 1 N–H and O–H groups in total. The van der Waals surface area contributed by atoms with Gasteiger partial charge in [0.05, 0.1) is 6.61 Å². The van der Waals surface area contributed by atoms with E-state index < -0.39 is 0 Å². The number of nitrogens with one attached hydrogen (secondary N) is 1.